The third-order valence-electron chi connectivity index (χ3n) is 2.63. The highest BCUT2D eigenvalue weighted by Gasteiger charge is 2.07. The average Bonchev–Trinajstić information content (AvgIpc) is 2.90. The van der Waals surface area contributed by atoms with Crippen LogP contribution in [0.3, 0.4) is 0 Å². The molecule has 0 aliphatic heterocycles. The third-order valence-corrected chi connectivity index (χ3v) is 3.37. The summed E-state index contributed by atoms with van der Waals surface area (Å²) in [5, 5.41) is 4.32. The highest BCUT2D eigenvalue weighted by atomic mass is 32.1. The van der Waals surface area contributed by atoms with E-state index in [2.05, 4.69) is 26.8 Å². The lowest BCUT2D eigenvalue weighted by molar-refractivity contribution is 1.32. The summed E-state index contributed by atoms with van der Waals surface area (Å²) in [6.07, 6.45) is 7.33. The Morgan fingerprint density at radius 1 is 0.765 bits per heavy atom. The van der Waals surface area contributed by atoms with Gasteiger partial charge in [-0.25, -0.2) is 0 Å². The zero-order valence-electron chi connectivity index (χ0n) is 9.08. The van der Waals surface area contributed by atoms with Crippen LogP contribution in [0.2, 0.25) is 0 Å². The summed E-state index contributed by atoms with van der Waals surface area (Å²) in [4.78, 5) is 8.22. The van der Waals surface area contributed by atoms with E-state index in [1.807, 2.05) is 36.8 Å². The molecule has 0 bridgehead atoms. The van der Waals surface area contributed by atoms with Crippen molar-refractivity contribution in [1.29, 1.82) is 0 Å². The maximum atomic E-state index is 4.17. The minimum Gasteiger partial charge on any atom is -0.265 e. The Labute approximate surface area is 104 Å². The molecule has 0 aliphatic carbocycles. The first-order chi connectivity index (χ1) is 8.45. The number of rotatable bonds is 2. The highest BCUT2D eigenvalue weighted by Crippen LogP contribution is 2.34. The van der Waals surface area contributed by atoms with Crippen molar-refractivity contribution in [3.63, 3.8) is 0 Å². The molecule has 3 aromatic rings. The average molecular weight is 238 g/mol. The van der Waals surface area contributed by atoms with E-state index in [1.54, 1.807) is 17.5 Å². The fourth-order valence-electron chi connectivity index (χ4n) is 1.80. The van der Waals surface area contributed by atoms with E-state index in [1.165, 1.54) is 16.7 Å². The van der Waals surface area contributed by atoms with Crippen molar-refractivity contribution >= 4 is 11.3 Å². The van der Waals surface area contributed by atoms with Crippen LogP contribution in [0.15, 0.2) is 59.8 Å². The molecule has 0 radical (unpaired) electrons. The van der Waals surface area contributed by atoms with Gasteiger partial charge in [0.15, 0.2) is 0 Å². The van der Waals surface area contributed by atoms with Gasteiger partial charge in [-0.1, -0.05) is 6.07 Å². The summed E-state index contributed by atoms with van der Waals surface area (Å²) >= 11 is 1.71. The molecule has 82 valence electrons. The van der Waals surface area contributed by atoms with E-state index in [0.29, 0.717) is 0 Å². The first-order valence-corrected chi connectivity index (χ1v) is 6.26. The SMILES string of the molecule is c1cncc(-c2cscc2-c2ccncc2)c1. The lowest BCUT2D eigenvalue weighted by Crippen LogP contribution is -1.81. The zero-order valence-corrected chi connectivity index (χ0v) is 9.89. The monoisotopic (exact) mass is 238 g/mol. The van der Waals surface area contributed by atoms with Crippen molar-refractivity contribution in [2.75, 3.05) is 0 Å². The molecule has 17 heavy (non-hydrogen) atoms. The minimum atomic E-state index is 1.15. The van der Waals surface area contributed by atoms with E-state index in [-0.39, 0.29) is 0 Å². The van der Waals surface area contributed by atoms with Crippen LogP contribution in [0.1, 0.15) is 0 Å². The van der Waals surface area contributed by atoms with E-state index in [9.17, 15) is 0 Å². The third kappa shape index (κ3) is 1.97. The fraction of sp³-hybridized carbons (Fsp3) is 0. The van der Waals surface area contributed by atoms with Gasteiger partial charge in [0.25, 0.3) is 0 Å². The van der Waals surface area contributed by atoms with Crippen LogP contribution in [0.4, 0.5) is 0 Å². The topological polar surface area (TPSA) is 25.8 Å². The Hall–Kier alpha value is -2.00. The van der Waals surface area contributed by atoms with Gasteiger partial charge in [0.05, 0.1) is 0 Å². The van der Waals surface area contributed by atoms with Crippen LogP contribution in [0.25, 0.3) is 22.3 Å². The number of hydrogen-bond acceptors (Lipinski definition) is 3. The highest BCUT2D eigenvalue weighted by molar-refractivity contribution is 7.08. The molecule has 0 saturated carbocycles. The minimum absolute atomic E-state index is 1.15. The Morgan fingerprint density at radius 2 is 1.53 bits per heavy atom. The number of pyridine rings is 2. The molecule has 3 heteroatoms. The van der Waals surface area contributed by atoms with Gasteiger partial charge in [0.2, 0.25) is 0 Å². The molecule has 0 amide bonds. The molecule has 2 nitrogen and oxygen atoms in total. The molecular formula is C14H10N2S. The summed E-state index contributed by atoms with van der Waals surface area (Å²) in [6, 6.07) is 8.10. The second-order valence-corrected chi connectivity index (χ2v) is 4.42. The standard InChI is InChI=1S/C14H10N2S/c1-2-12(8-16-5-1)14-10-17-9-13(14)11-3-6-15-7-4-11/h1-10H. The molecule has 0 aliphatic rings. The van der Waals surface area contributed by atoms with Gasteiger partial charge in [0.1, 0.15) is 0 Å². The van der Waals surface area contributed by atoms with Crippen LogP contribution in [0.5, 0.6) is 0 Å². The Morgan fingerprint density at radius 3 is 2.24 bits per heavy atom. The van der Waals surface area contributed by atoms with E-state index in [4.69, 9.17) is 0 Å². The molecule has 0 saturated heterocycles. The molecular weight excluding hydrogens is 228 g/mol. The summed E-state index contributed by atoms with van der Waals surface area (Å²) in [6.45, 7) is 0. The molecule has 0 atom stereocenters. The number of hydrogen-bond donors (Lipinski definition) is 0. The van der Waals surface area contributed by atoms with Gasteiger partial charge < -0.3 is 0 Å². The molecule has 0 N–H and O–H groups in total. The van der Waals surface area contributed by atoms with Crippen LogP contribution in [-0.4, -0.2) is 9.97 Å². The normalized spacial score (nSPS) is 10.4. The second-order valence-electron chi connectivity index (χ2n) is 3.68. The summed E-state index contributed by atoms with van der Waals surface area (Å²) < 4.78 is 0. The van der Waals surface area contributed by atoms with Crippen LogP contribution in [-0.2, 0) is 0 Å². The fourth-order valence-corrected chi connectivity index (χ4v) is 2.66. The molecule has 0 fully saturated rings. The van der Waals surface area contributed by atoms with E-state index >= 15 is 0 Å². The molecule has 0 spiro atoms. The first kappa shape index (κ1) is 10.2. The quantitative estimate of drug-likeness (QED) is 0.677. The predicted octanol–water partition coefficient (Wildman–Crippen LogP) is 3.87. The van der Waals surface area contributed by atoms with Crippen molar-refractivity contribution < 1.29 is 0 Å². The number of nitrogens with zero attached hydrogens (tertiary/aromatic N) is 2. The Kier molecular flexibility index (Phi) is 2.68. The number of thiophene rings is 1. The molecule has 3 heterocycles. The molecule has 0 unspecified atom stereocenters. The Balaban J connectivity index is 2.13. The van der Waals surface area contributed by atoms with Crippen LogP contribution < -0.4 is 0 Å². The maximum Gasteiger partial charge on any atom is 0.0346 e. The van der Waals surface area contributed by atoms with Crippen LogP contribution >= 0.6 is 11.3 Å². The summed E-state index contributed by atoms with van der Waals surface area (Å²) in [5.41, 5.74) is 4.82. The van der Waals surface area contributed by atoms with Crippen molar-refractivity contribution in [2.24, 2.45) is 0 Å². The zero-order chi connectivity index (χ0) is 11.5. The molecule has 3 aromatic heterocycles. The second kappa shape index (κ2) is 4.47. The van der Waals surface area contributed by atoms with Gasteiger partial charge in [-0.05, 0) is 34.5 Å². The summed E-state index contributed by atoms with van der Waals surface area (Å²) in [5.74, 6) is 0. The van der Waals surface area contributed by atoms with E-state index in [0.717, 1.165) is 5.56 Å². The smallest absolute Gasteiger partial charge is 0.0346 e. The van der Waals surface area contributed by atoms with Crippen molar-refractivity contribution in [2.45, 2.75) is 0 Å². The largest absolute Gasteiger partial charge is 0.265 e. The summed E-state index contributed by atoms with van der Waals surface area (Å²) in [7, 11) is 0. The van der Waals surface area contributed by atoms with Gasteiger partial charge in [-0.3, -0.25) is 9.97 Å². The molecule has 0 aromatic carbocycles. The lowest BCUT2D eigenvalue weighted by Gasteiger charge is -2.03. The van der Waals surface area contributed by atoms with Crippen molar-refractivity contribution in [3.05, 3.63) is 59.8 Å². The van der Waals surface area contributed by atoms with Gasteiger partial charge in [-0.15, -0.1) is 0 Å². The Bertz CT molecular complexity index is 548. The maximum absolute atomic E-state index is 4.17. The van der Waals surface area contributed by atoms with Crippen molar-refractivity contribution in [1.82, 2.24) is 9.97 Å². The first-order valence-electron chi connectivity index (χ1n) is 5.32. The van der Waals surface area contributed by atoms with Gasteiger partial charge in [0, 0.05) is 41.5 Å². The predicted molar refractivity (Wildman–Crippen MR) is 70.8 cm³/mol. The van der Waals surface area contributed by atoms with E-state index < -0.39 is 0 Å². The lowest BCUT2D eigenvalue weighted by atomic mass is 10.0. The van der Waals surface area contributed by atoms with Crippen molar-refractivity contribution in [3.8, 4) is 22.3 Å². The van der Waals surface area contributed by atoms with Gasteiger partial charge >= 0.3 is 0 Å². The van der Waals surface area contributed by atoms with Crippen LogP contribution in [0, 0.1) is 0 Å². The number of aromatic nitrogens is 2. The molecule has 3 rings (SSSR count). The van der Waals surface area contributed by atoms with Gasteiger partial charge in [-0.2, -0.15) is 11.3 Å².